The molecule has 0 aliphatic heterocycles. The third-order valence-corrected chi connectivity index (χ3v) is 2.71. The first-order valence-electron chi connectivity index (χ1n) is 5.20. The largest absolute Gasteiger partial charge is 0.345 e. The Balaban J connectivity index is 2.01. The lowest BCUT2D eigenvalue weighted by atomic mass is 10.2. The number of carbonyl (C=O) groups excluding carboxylic acids is 1. The predicted molar refractivity (Wildman–Crippen MR) is 68.1 cm³/mol. The molecule has 1 aromatic heterocycles. The number of nitrogens with zero attached hydrogens (tertiary/aromatic N) is 2. The van der Waals surface area contributed by atoms with Gasteiger partial charge in [-0.3, -0.25) is 4.79 Å². The number of rotatable bonds is 3. The zero-order chi connectivity index (χ0) is 12.3. The minimum atomic E-state index is -0.121. The van der Waals surface area contributed by atoms with Gasteiger partial charge in [0.15, 0.2) is 0 Å². The van der Waals surface area contributed by atoms with Crippen LogP contribution in [-0.2, 0) is 13.6 Å². The zero-order valence-electron chi connectivity index (χ0n) is 9.42. The van der Waals surface area contributed by atoms with Crippen molar-refractivity contribution < 1.29 is 4.79 Å². The molecule has 0 aliphatic rings. The van der Waals surface area contributed by atoms with Crippen LogP contribution in [0.1, 0.15) is 16.2 Å². The topological polar surface area (TPSA) is 46.9 Å². The molecule has 0 spiro atoms. The van der Waals surface area contributed by atoms with Crippen molar-refractivity contribution in [3.63, 3.8) is 0 Å². The van der Waals surface area contributed by atoms with Gasteiger partial charge in [0.1, 0.15) is 5.82 Å². The SMILES string of the molecule is Cn1ccnc1CNC(=O)c1cccc(S)c1. The summed E-state index contributed by atoms with van der Waals surface area (Å²) in [6.07, 6.45) is 3.55. The molecule has 1 aromatic carbocycles. The van der Waals surface area contributed by atoms with Crippen LogP contribution in [0.3, 0.4) is 0 Å². The average molecular weight is 247 g/mol. The Morgan fingerprint density at radius 1 is 1.53 bits per heavy atom. The number of benzene rings is 1. The molecule has 1 amide bonds. The van der Waals surface area contributed by atoms with Gasteiger partial charge < -0.3 is 9.88 Å². The van der Waals surface area contributed by atoms with Gasteiger partial charge >= 0.3 is 0 Å². The lowest BCUT2D eigenvalue weighted by molar-refractivity contribution is 0.0949. The predicted octanol–water partition coefficient (Wildman–Crippen LogP) is 1.64. The fraction of sp³-hybridized carbons (Fsp3) is 0.167. The molecule has 4 nitrogen and oxygen atoms in total. The van der Waals surface area contributed by atoms with Crippen molar-refractivity contribution in [3.8, 4) is 0 Å². The van der Waals surface area contributed by atoms with E-state index in [-0.39, 0.29) is 5.91 Å². The van der Waals surface area contributed by atoms with Crippen molar-refractivity contribution >= 4 is 18.5 Å². The van der Waals surface area contributed by atoms with Crippen LogP contribution >= 0.6 is 12.6 Å². The van der Waals surface area contributed by atoms with Gasteiger partial charge in [-0.05, 0) is 18.2 Å². The molecule has 0 aliphatic carbocycles. The molecule has 5 heteroatoms. The summed E-state index contributed by atoms with van der Waals surface area (Å²) < 4.78 is 1.87. The minimum absolute atomic E-state index is 0.121. The normalized spacial score (nSPS) is 10.2. The van der Waals surface area contributed by atoms with Gasteiger partial charge in [-0.2, -0.15) is 0 Å². The Hall–Kier alpha value is -1.75. The van der Waals surface area contributed by atoms with Crippen LogP contribution in [0.15, 0.2) is 41.6 Å². The van der Waals surface area contributed by atoms with Gasteiger partial charge in [-0.25, -0.2) is 4.98 Å². The van der Waals surface area contributed by atoms with E-state index in [1.165, 1.54) is 0 Å². The summed E-state index contributed by atoms with van der Waals surface area (Å²) in [7, 11) is 1.89. The number of imidazole rings is 1. The molecule has 88 valence electrons. The molecule has 17 heavy (non-hydrogen) atoms. The number of hydrogen-bond acceptors (Lipinski definition) is 3. The highest BCUT2D eigenvalue weighted by Gasteiger charge is 2.06. The molecular weight excluding hydrogens is 234 g/mol. The van der Waals surface area contributed by atoms with Crippen molar-refractivity contribution in [2.24, 2.45) is 7.05 Å². The van der Waals surface area contributed by atoms with E-state index < -0.39 is 0 Å². The highest BCUT2D eigenvalue weighted by atomic mass is 32.1. The van der Waals surface area contributed by atoms with E-state index in [1.54, 1.807) is 24.4 Å². The lowest BCUT2D eigenvalue weighted by Crippen LogP contribution is -2.24. The third kappa shape index (κ3) is 2.88. The van der Waals surface area contributed by atoms with Gasteiger partial charge in [0.2, 0.25) is 0 Å². The number of hydrogen-bond donors (Lipinski definition) is 2. The average Bonchev–Trinajstić information content (AvgIpc) is 2.72. The number of aryl methyl sites for hydroxylation is 1. The second-order valence-corrected chi connectivity index (χ2v) is 4.20. The van der Waals surface area contributed by atoms with Gasteiger partial charge in [0.25, 0.3) is 5.91 Å². The third-order valence-electron chi connectivity index (χ3n) is 2.44. The van der Waals surface area contributed by atoms with Crippen molar-refractivity contribution in [1.29, 1.82) is 0 Å². The molecule has 0 saturated carbocycles. The van der Waals surface area contributed by atoms with Crippen molar-refractivity contribution in [2.75, 3.05) is 0 Å². The van der Waals surface area contributed by atoms with Gasteiger partial charge in [-0.15, -0.1) is 12.6 Å². The molecule has 0 unspecified atom stereocenters. The van der Waals surface area contributed by atoms with E-state index in [1.807, 2.05) is 23.9 Å². The summed E-state index contributed by atoms with van der Waals surface area (Å²) in [5.41, 5.74) is 0.603. The van der Waals surface area contributed by atoms with Crippen LogP contribution in [0.5, 0.6) is 0 Å². The highest BCUT2D eigenvalue weighted by molar-refractivity contribution is 7.80. The van der Waals surface area contributed by atoms with Crippen LogP contribution < -0.4 is 5.32 Å². The number of thiol groups is 1. The number of aromatic nitrogens is 2. The molecule has 0 saturated heterocycles. The summed E-state index contributed by atoms with van der Waals surface area (Å²) >= 11 is 4.20. The fourth-order valence-electron chi connectivity index (χ4n) is 1.48. The molecule has 0 atom stereocenters. The molecule has 1 N–H and O–H groups in total. The first kappa shape index (κ1) is 11.7. The monoisotopic (exact) mass is 247 g/mol. The van der Waals surface area contributed by atoms with E-state index >= 15 is 0 Å². The number of carbonyl (C=O) groups is 1. The molecule has 2 aromatic rings. The van der Waals surface area contributed by atoms with Crippen molar-refractivity contribution in [1.82, 2.24) is 14.9 Å². The van der Waals surface area contributed by atoms with Crippen LogP contribution in [-0.4, -0.2) is 15.5 Å². The Labute approximate surface area is 105 Å². The van der Waals surface area contributed by atoms with E-state index in [4.69, 9.17) is 0 Å². The Kier molecular flexibility index (Phi) is 3.49. The smallest absolute Gasteiger partial charge is 0.251 e. The van der Waals surface area contributed by atoms with E-state index in [0.29, 0.717) is 12.1 Å². The lowest BCUT2D eigenvalue weighted by Gasteiger charge is -2.05. The quantitative estimate of drug-likeness (QED) is 0.810. The summed E-state index contributed by atoms with van der Waals surface area (Å²) in [5.74, 6) is 0.698. The van der Waals surface area contributed by atoms with Crippen LogP contribution in [0.25, 0.3) is 0 Å². The standard InChI is InChI=1S/C12H13N3OS/c1-15-6-5-13-11(15)8-14-12(16)9-3-2-4-10(17)7-9/h2-7,17H,8H2,1H3,(H,14,16). The second kappa shape index (κ2) is 5.05. The summed E-state index contributed by atoms with van der Waals surface area (Å²) in [4.78, 5) is 16.7. The summed E-state index contributed by atoms with van der Waals surface area (Å²) in [6, 6.07) is 7.13. The molecule has 0 fully saturated rings. The Morgan fingerprint density at radius 2 is 2.35 bits per heavy atom. The Morgan fingerprint density at radius 3 is 3.00 bits per heavy atom. The van der Waals surface area contributed by atoms with E-state index in [0.717, 1.165) is 10.7 Å². The van der Waals surface area contributed by atoms with Crippen molar-refractivity contribution in [2.45, 2.75) is 11.4 Å². The molecule has 0 radical (unpaired) electrons. The van der Waals surface area contributed by atoms with Crippen LogP contribution in [0.4, 0.5) is 0 Å². The number of nitrogens with one attached hydrogen (secondary N) is 1. The molecule has 1 heterocycles. The Bertz CT molecular complexity index is 536. The summed E-state index contributed by atoms with van der Waals surface area (Å²) in [6.45, 7) is 0.416. The van der Waals surface area contributed by atoms with E-state index in [9.17, 15) is 4.79 Å². The first-order chi connectivity index (χ1) is 8.16. The van der Waals surface area contributed by atoms with Gasteiger partial charge in [-0.1, -0.05) is 6.07 Å². The number of amides is 1. The van der Waals surface area contributed by atoms with Crippen LogP contribution in [0.2, 0.25) is 0 Å². The maximum absolute atomic E-state index is 11.8. The second-order valence-electron chi connectivity index (χ2n) is 3.69. The molecule has 2 rings (SSSR count). The van der Waals surface area contributed by atoms with Crippen molar-refractivity contribution in [3.05, 3.63) is 48.0 Å². The fourth-order valence-corrected chi connectivity index (χ4v) is 1.70. The maximum Gasteiger partial charge on any atom is 0.251 e. The first-order valence-corrected chi connectivity index (χ1v) is 5.65. The zero-order valence-corrected chi connectivity index (χ0v) is 10.3. The molecular formula is C12H13N3OS. The van der Waals surface area contributed by atoms with Crippen LogP contribution in [0, 0.1) is 0 Å². The maximum atomic E-state index is 11.8. The summed E-state index contributed by atoms with van der Waals surface area (Å²) in [5, 5.41) is 2.81. The molecule has 0 bridgehead atoms. The highest BCUT2D eigenvalue weighted by Crippen LogP contribution is 2.08. The minimum Gasteiger partial charge on any atom is -0.345 e. The van der Waals surface area contributed by atoms with E-state index in [2.05, 4.69) is 22.9 Å². The van der Waals surface area contributed by atoms with Gasteiger partial charge in [0.05, 0.1) is 6.54 Å². The van der Waals surface area contributed by atoms with Gasteiger partial charge in [0, 0.05) is 29.9 Å².